The van der Waals surface area contributed by atoms with E-state index in [0.29, 0.717) is 28.3 Å². The van der Waals surface area contributed by atoms with E-state index in [4.69, 9.17) is 21.8 Å². The van der Waals surface area contributed by atoms with Crippen LogP contribution in [0.3, 0.4) is 0 Å². The summed E-state index contributed by atoms with van der Waals surface area (Å²) in [4.78, 5) is 17.8. The first kappa shape index (κ1) is 17.9. The van der Waals surface area contributed by atoms with Gasteiger partial charge in [-0.3, -0.25) is 10.00 Å². The molecule has 5 rings (SSSR count). The molecule has 0 radical (unpaired) electrons. The average molecular weight is 415 g/mol. The molecule has 11 nitrogen and oxygen atoms in total. The summed E-state index contributed by atoms with van der Waals surface area (Å²) in [5.41, 5.74) is 7.03. The first-order valence-electron chi connectivity index (χ1n) is 9.22. The van der Waals surface area contributed by atoms with Crippen molar-refractivity contribution >= 4 is 29.3 Å². The Balaban J connectivity index is 1.35. The van der Waals surface area contributed by atoms with Gasteiger partial charge in [-0.15, -0.1) is 5.10 Å². The van der Waals surface area contributed by atoms with Crippen LogP contribution in [-0.2, 0) is 0 Å². The van der Waals surface area contributed by atoms with E-state index in [1.165, 1.54) is 4.52 Å². The number of anilines is 2. The summed E-state index contributed by atoms with van der Waals surface area (Å²) in [6.45, 7) is 5.28. The van der Waals surface area contributed by atoms with Crippen LogP contribution in [0.4, 0.5) is 11.9 Å². The number of piperazine rings is 1. The predicted octanol–water partition coefficient (Wildman–Crippen LogP) is 1.62. The lowest BCUT2D eigenvalue weighted by Crippen LogP contribution is -2.48. The molecule has 150 valence electrons. The number of hydrogen-bond donors (Lipinski definition) is 2. The first-order chi connectivity index (χ1) is 14.1. The minimum atomic E-state index is 0.146. The fraction of sp³-hybridized carbons (Fsp3) is 0.353. The summed E-state index contributed by atoms with van der Waals surface area (Å²) in [6.07, 6.45) is 3.20. The normalized spacial score (nSPS) is 16.6. The van der Waals surface area contributed by atoms with Crippen molar-refractivity contribution in [3.05, 3.63) is 35.3 Å². The van der Waals surface area contributed by atoms with Gasteiger partial charge in [-0.2, -0.15) is 24.6 Å². The molecule has 0 aromatic carbocycles. The van der Waals surface area contributed by atoms with Gasteiger partial charge in [-0.25, -0.2) is 0 Å². The molecule has 1 aliphatic heterocycles. The van der Waals surface area contributed by atoms with Crippen molar-refractivity contribution in [3.8, 4) is 11.6 Å². The Morgan fingerprint density at radius 2 is 2.03 bits per heavy atom. The largest absolute Gasteiger partial charge is 0.461 e. The van der Waals surface area contributed by atoms with Crippen molar-refractivity contribution in [2.75, 3.05) is 36.8 Å². The lowest BCUT2D eigenvalue weighted by atomic mass is 10.2. The van der Waals surface area contributed by atoms with Crippen molar-refractivity contribution in [3.63, 3.8) is 0 Å². The molecule has 1 fully saturated rings. The van der Waals surface area contributed by atoms with E-state index in [9.17, 15) is 0 Å². The van der Waals surface area contributed by atoms with E-state index in [1.807, 2.05) is 0 Å². The second kappa shape index (κ2) is 7.01. The minimum Gasteiger partial charge on any atom is -0.461 e. The number of nitrogens with two attached hydrogens (primary N) is 1. The molecular formula is C17H19ClN10O. The highest BCUT2D eigenvalue weighted by atomic mass is 35.5. The van der Waals surface area contributed by atoms with E-state index in [-0.39, 0.29) is 12.0 Å². The van der Waals surface area contributed by atoms with Gasteiger partial charge in [-0.1, -0.05) is 11.6 Å². The van der Waals surface area contributed by atoms with Crippen LogP contribution in [0.1, 0.15) is 18.7 Å². The quantitative estimate of drug-likeness (QED) is 0.511. The van der Waals surface area contributed by atoms with Gasteiger partial charge in [0.1, 0.15) is 0 Å². The molecule has 0 saturated carbocycles. The number of halogens is 1. The number of nitrogens with one attached hydrogen (secondary N) is 1. The summed E-state index contributed by atoms with van der Waals surface area (Å²) < 4.78 is 6.77. The molecule has 0 aliphatic carbocycles. The highest BCUT2D eigenvalue weighted by Crippen LogP contribution is 2.26. The summed E-state index contributed by atoms with van der Waals surface area (Å²) in [6, 6.07) is 3.71. The Kier molecular flexibility index (Phi) is 4.32. The van der Waals surface area contributed by atoms with Crippen molar-refractivity contribution in [2.24, 2.45) is 0 Å². The summed E-state index contributed by atoms with van der Waals surface area (Å²) in [7, 11) is 0. The van der Waals surface area contributed by atoms with Crippen molar-refractivity contribution in [1.29, 1.82) is 0 Å². The Bertz CT molecular complexity index is 1130. The van der Waals surface area contributed by atoms with Crippen LogP contribution in [0.25, 0.3) is 17.4 Å². The predicted molar refractivity (Wildman–Crippen MR) is 106 cm³/mol. The number of aromatic nitrogens is 7. The van der Waals surface area contributed by atoms with Gasteiger partial charge in [0.15, 0.2) is 5.76 Å². The van der Waals surface area contributed by atoms with Crippen LogP contribution < -0.4 is 10.6 Å². The number of H-pyrrole nitrogens is 1. The first-order valence-corrected chi connectivity index (χ1v) is 9.60. The number of nitrogens with zero attached hydrogens (tertiary/aromatic N) is 8. The lowest BCUT2D eigenvalue weighted by Gasteiger charge is -2.37. The molecule has 1 aliphatic rings. The number of furan rings is 1. The number of rotatable bonds is 4. The molecule has 12 heteroatoms. The molecule has 29 heavy (non-hydrogen) atoms. The topological polar surface area (TPSA) is 130 Å². The zero-order valence-corrected chi connectivity index (χ0v) is 16.4. The van der Waals surface area contributed by atoms with E-state index in [1.54, 1.807) is 24.6 Å². The molecule has 4 aromatic heterocycles. The van der Waals surface area contributed by atoms with Gasteiger partial charge >= 0.3 is 0 Å². The van der Waals surface area contributed by atoms with Crippen LogP contribution >= 0.6 is 11.6 Å². The second-order valence-corrected chi connectivity index (χ2v) is 7.24. The van der Waals surface area contributed by atoms with E-state index < -0.39 is 0 Å². The highest BCUT2D eigenvalue weighted by Gasteiger charge is 2.26. The molecule has 1 atom stereocenters. The maximum absolute atomic E-state index is 6.20. The summed E-state index contributed by atoms with van der Waals surface area (Å²) >= 11 is 6.20. The van der Waals surface area contributed by atoms with E-state index >= 15 is 0 Å². The van der Waals surface area contributed by atoms with Crippen LogP contribution in [0.2, 0.25) is 5.02 Å². The number of hydrogen-bond acceptors (Lipinski definition) is 9. The Hall–Kier alpha value is -3.18. The van der Waals surface area contributed by atoms with Gasteiger partial charge in [0.05, 0.1) is 29.2 Å². The summed E-state index contributed by atoms with van der Waals surface area (Å²) in [5.74, 6) is 2.13. The molecule has 1 saturated heterocycles. The number of fused-ring (bicyclic) bond motifs is 1. The smallest absolute Gasteiger partial charge is 0.259 e. The summed E-state index contributed by atoms with van der Waals surface area (Å²) in [5, 5.41) is 12.0. The number of nitrogen functional groups attached to an aromatic ring is 1. The molecule has 0 amide bonds. The fourth-order valence-corrected chi connectivity index (χ4v) is 3.76. The fourth-order valence-electron chi connectivity index (χ4n) is 3.51. The second-order valence-electron chi connectivity index (χ2n) is 6.84. The molecular weight excluding hydrogens is 396 g/mol. The molecule has 0 bridgehead atoms. The zero-order chi connectivity index (χ0) is 20.0. The van der Waals surface area contributed by atoms with Crippen molar-refractivity contribution in [1.82, 2.24) is 39.7 Å². The lowest BCUT2D eigenvalue weighted by molar-refractivity contribution is 0.194. The molecule has 1 unspecified atom stereocenters. The van der Waals surface area contributed by atoms with Gasteiger partial charge < -0.3 is 15.1 Å². The van der Waals surface area contributed by atoms with E-state index in [2.05, 4.69) is 47.0 Å². The third kappa shape index (κ3) is 3.17. The Morgan fingerprint density at radius 1 is 1.21 bits per heavy atom. The van der Waals surface area contributed by atoms with Crippen molar-refractivity contribution < 1.29 is 4.42 Å². The van der Waals surface area contributed by atoms with Gasteiger partial charge in [0.25, 0.3) is 5.78 Å². The van der Waals surface area contributed by atoms with Gasteiger partial charge in [0, 0.05) is 26.2 Å². The average Bonchev–Trinajstić information content (AvgIpc) is 3.47. The molecule has 3 N–H and O–H groups in total. The van der Waals surface area contributed by atoms with Crippen molar-refractivity contribution in [2.45, 2.75) is 13.0 Å². The Labute approximate surface area is 170 Å². The molecule has 4 aromatic rings. The number of aromatic amines is 1. The maximum atomic E-state index is 6.20. The van der Waals surface area contributed by atoms with Crippen LogP contribution in [0.5, 0.6) is 0 Å². The zero-order valence-electron chi connectivity index (χ0n) is 15.7. The van der Waals surface area contributed by atoms with Crippen LogP contribution in [0.15, 0.2) is 29.0 Å². The van der Waals surface area contributed by atoms with Gasteiger partial charge in [-0.05, 0) is 19.1 Å². The van der Waals surface area contributed by atoms with Crippen LogP contribution in [-0.4, -0.2) is 65.8 Å². The third-order valence-electron chi connectivity index (χ3n) is 5.15. The minimum absolute atomic E-state index is 0.146. The maximum Gasteiger partial charge on any atom is 0.259 e. The van der Waals surface area contributed by atoms with Gasteiger partial charge in [0.2, 0.25) is 17.7 Å². The molecule has 0 spiro atoms. The monoisotopic (exact) mass is 414 g/mol. The highest BCUT2D eigenvalue weighted by molar-refractivity contribution is 6.31. The SMILES string of the molecule is CC(c1[nH]ncc1Cl)N1CCN(c2nc(N)n3nc(-c4ccco4)nc3n2)CC1. The third-order valence-corrected chi connectivity index (χ3v) is 5.45. The van der Waals surface area contributed by atoms with Crippen LogP contribution in [0, 0.1) is 0 Å². The standard InChI is InChI=1S/C17H19ClN10O/c1-10(13-11(18)9-20-24-13)26-4-6-27(7-5-26)16-22-15(19)28-17(23-16)21-14(25-28)12-3-2-8-29-12/h2-3,8-10H,4-7H2,1H3,(H,20,24)(H2,19,21,22,23,25). The Morgan fingerprint density at radius 3 is 2.72 bits per heavy atom. The van der Waals surface area contributed by atoms with E-state index in [0.717, 1.165) is 31.9 Å². The molecule has 5 heterocycles.